The van der Waals surface area contributed by atoms with Gasteiger partial charge in [-0.25, -0.2) is 9.78 Å². The Kier molecular flexibility index (Phi) is 3.12. The number of rotatable bonds is 3. The van der Waals surface area contributed by atoms with Crippen LogP contribution in [0.1, 0.15) is 47.8 Å². The molecule has 1 fully saturated rings. The minimum Gasteiger partial charge on any atom is -0.494 e. The molecule has 1 aliphatic carbocycles. The molecule has 0 atom stereocenters. The number of hydrogen-bond donors (Lipinski definition) is 1. The summed E-state index contributed by atoms with van der Waals surface area (Å²) in [4.78, 5) is 16.0. The van der Waals surface area contributed by atoms with Crippen molar-refractivity contribution in [2.75, 3.05) is 7.11 Å². The minimum atomic E-state index is -0.950. The summed E-state index contributed by atoms with van der Waals surface area (Å²) < 4.78 is 7.36. The van der Waals surface area contributed by atoms with Crippen molar-refractivity contribution in [3.63, 3.8) is 0 Å². The van der Waals surface area contributed by atoms with Gasteiger partial charge in [0.1, 0.15) is 22.6 Å². The number of aromatic nitrogens is 2. The Bertz CT molecular complexity index is 669. The molecule has 1 aromatic carbocycles. The lowest BCUT2D eigenvalue weighted by Crippen LogP contribution is -2.03. The van der Waals surface area contributed by atoms with Gasteiger partial charge in [-0.15, -0.1) is 0 Å². The lowest BCUT2D eigenvalue weighted by atomic mass is 10.1. The van der Waals surface area contributed by atoms with Gasteiger partial charge < -0.3 is 14.4 Å². The fourth-order valence-electron chi connectivity index (χ4n) is 3.19. The molecule has 1 heterocycles. The fraction of sp³-hybridized carbons (Fsp3) is 0.467. The molecule has 0 aliphatic heterocycles. The van der Waals surface area contributed by atoms with Gasteiger partial charge in [-0.3, -0.25) is 0 Å². The molecule has 1 aliphatic rings. The highest BCUT2D eigenvalue weighted by Gasteiger charge is 2.25. The molecule has 0 radical (unpaired) electrons. The summed E-state index contributed by atoms with van der Waals surface area (Å²) in [5, 5.41) is 9.32. The average Bonchev–Trinajstić information content (AvgIpc) is 3.05. The summed E-state index contributed by atoms with van der Waals surface area (Å²) in [6.07, 6.45) is 4.69. The summed E-state index contributed by atoms with van der Waals surface area (Å²) in [6.45, 7) is 0. The van der Waals surface area contributed by atoms with Crippen molar-refractivity contribution in [2.45, 2.75) is 31.6 Å². The maximum absolute atomic E-state index is 11.4. The highest BCUT2D eigenvalue weighted by molar-refractivity contribution is 6.03. The molecule has 5 nitrogen and oxygen atoms in total. The zero-order valence-corrected chi connectivity index (χ0v) is 11.7. The first-order chi connectivity index (χ1) is 9.63. The number of nitrogens with zero attached hydrogens (tertiary/aromatic N) is 2. The van der Waals surface area contributed by atoms with Crippen molar-refractivity contribution in [3.05, 3.63) is 23.5 Å². The predicted octanol–water partition coefficient (Wildman–Crippen LogP) is 2.94. The fourth-order valence-corrected chi connectivity index (χ4v) is 3.19. The first-order valence-corrected chi connectivity index (χ1v) is 6.90. The summed E-state index contributed by atoms with van der Waals surface area (Å²) in [7, 11) is 3.54. The van der Waals surface area contributed by atoms with Gasteiger partial charge in [-0.1, -0.05) is 12.8 Å². The van der Waals surface area contributed by atoms with Gasteiger partial charge in [0.05, 0.1) is 12.7 Å². The number of aromatic carboxylic acids is 1. The molecule has 0 saturated heterocycles. The Hall–Kier alpha value is -2.04. The number of aryl methyl sites for hydroxylation is 1. The zero-order valence-electron chi connectivity index (χ0n) is 11.7. The lowest BCUT2D eigenvalue weighted by Gasteiger charge is -2.10. The molecular formula is C15H18N2O3. The van der Waals surface area contributed by atoms with E-state index in [-0.39, 0.29) is 5.56 Å². The SMILES string of the molecule is COc1ccc(C(=O)O)c2nc(C3CCCC3)n(C)c12. The first-order valence-electron chi connectivity index (χ1n) is 6.90. The molecule has 5 heteroatoms. The number of fused-ring (bicyclic) bond motifs is 1. The van der Waals surface area contributed by atoms with Crippen molar-refractivity contribution in [3.8, 4) is 5.75 Å². The molecule has 1 N–H and O–H groups in total. The lowest BCUT2D eigenvalue weighted by molar-refractivity contribution is 0.0699. The van der Waals surface area contributed by atoms with E-state index in [1.807, 2.05) is 11.6 Å². The van der Waals surface area contributed by atoms with Crippen LogP contribution in [0.15, 0.2) is 12.1 Å². The molecule has 2 aromatic rings. The van der Waals surface area contributed by atoms with Crippen molar-refractivity contribution in [1.82, 2.24) is 9.55 Å². The Morgan fingerprint density at radius 1 is 1.40 bits per heavy atom. The van der Waals surface area contributed by atoms with E-state index in [4.69, 9.17) is 4.74 Å². The molecule has 1 saturated carbocycles. The van der Waals surface area contributed by atoms with Crippen LogP contribution < -0.4 is 4.74 Å². The van der Waals surface area contributed by atoms with E-state index in [9.17, 15) is 9.90 Å². The van der Waals surface area contributed by atoms with Gasteiger partial charge in [0.15, 0.2) is 0 Å². The minimum absolute atomic E-state index is 0.237. The number of carboxylic acid groups (broad SMARTS) is 1. The molecule has 0 bridgehead atoms. The quantitative estimate of drug-likeness (QED) is 0.934. The van der Waals surface area contributed by atoms with Crippen LogP contribution in [0.4, 0.5) is 0 Å². The van der Waals surface area contributed by atoms with E-state index in [0.717, 1.165) is 24.2 Å². The summed E-state index contributed by atoms with van der Waals surface area (Å²) in [5.74, 6) is 1.13. The maximum Gasteiger partial charge on any atom is 0.337 e. The van der Waals surface area contributed by atoms with E-state index in [1.54, 1.807) is 19.2 Å². The van der Waals surface area contributed by atoms with Crippen LogP contribution in [0, 0.1) is 0 Å². The van der Waals surface area contributed by atoms with Gasteiger partial charge in [0, 0.05) is 13.0 Å². The van der Waals surface area contributed by atoms with Gasteiger partial charge in [0.2, 0.25) is 0 Å². The number of imidazole rings is 1. The van der Waals surface area contributed by atoms with E-state index in [2.05, 4.69) is 4.98 Å². The third-order valence-corrected chi connectivity index (χ3v) is 4.19. The molecule has 1 aromatic heterocycles. The second-order valence-corrected chi connectivity index (χ2v) is 5.33. The van der Waals surface area contributed by atoms with E-state index < -0.39 is 5.97 Å². The van der Waals surface area contributed by atoms with Gasteiger partial charge in [0.25, 0.3) is 0 Å². The van der Waals surface area contributed by atoms with Gasteiger partial charge >= 0.3 is 5.97 Å². The highest BCUT2D eigenvalue weighted by atomic mass is 16.5. The van der Waals surface area contributed by atoms with Crippen LogP contribution in [-0.4, -0.2) is 27.7 Å². The number of ether oxygens (including phenoxy) is 1. The van der Waals surface area contributed by atoms with Crippen LogP contribution in [-0.2, 0) is 7.05 Å². The standard InChI is InChI=1S/C15H18N2O3/c1-17-13-11(20-2)8-7-10(15(18)19)12(13)16-14(17)9-5-3-4-6-9/h7-9H,3-6H2,1-2H3,(H,18,19). The monoisotopic (exact) mass is 274 g/mol. The number of methoxy groups -OCH3 is 1. The molecule has 0 amide bonds. The molecule has 0 spiro atoms. The predicted molar refractivity (Wildman–Crippen MR) is 75.4 cm³/mol. The molecular weight excluding hydrogens is 256 g/mol. The van der Waals surface area contributed by atoms with Crippen molar-refractivity contribution < 1.29 is 14.6 Å². The average molecular weight is 274 g/mol. The number of benzene rings is 1. The zero-order chi connectivity index (χ0) is 14.3. The second-order valence-electron chi connectivity index (χ2n) is 5.33. The Balaban J connectivity index is 2.27. The van der Waals surface area contributed by atoms with Crippen molar-refractivity contribution >= 4 is 17.0 Å². The third-order valence-electron chi connectivity index (χ3n) is 4.19. The largest absolute Gasteiger partial charge is 0.494 e. The highest BCUT2D eigenvalue weighted by Crippen LogP contribution is 2.37. The number of carbonyl (C=O) groups is 1. The van der Waals surface area contributed by atoms with E-state index in [0.29, 0.717) is 17.2 Å². The topological polar surface area (TPSA) is 64.3 Å². The Labute approximate surface area is 117 Å². The van der Waals surface area contributed by atoms with Crippen molar-refractivity contribution in [2.24, 2.45) is 7.05 Å². The van der Waals surface area contributed by atoms with E-state index >= 15 is 0 Å². The Morgan fingerprint density at radius 3 is 2.70 bits per heavy atom. The van der Waals surface area contributed by atoms with E-state index in [1.165, 1.54) is 12.8 Å². The van der Waals surface area contributed by atoms with Crippen LogP contribution in [0.2, 0.25) is 0 Å². The molecule has 3 rings (SSSR count). The number of hydrogen-bond acceptors (Lipinski definition) is 3. The Morgan fingerprint density at radius 2 is 2.10 bits per heavy atom. The normalized spacial score (nSPS) is 15.9. The summed E-state index contributed by atoms with van der Waals surface area (Å²) in [5.41, 5.74) is 1.54. The van der Waals surface area contributed by atoms with Crippen LogP contribution in [0.25, 0.3) is 11.0 Å². The summed E-state index contributed by atoms with van der Waals surface area (Å²) in [6, 6.07) is 3.26. The van der Waals surface area contributed by atoms with Crippen molar-refractivity contribution in [1.29, 1.82) is 0 Å². The maximum atomic E-state index is 11.4. The van der Waals surface area contributed by atoms with Gasteiger partial charge in [-0.2, -0.15) is 0 Å². The number of carboxylic acids is 1. The van der Waals surface area contributed by atoms with Crippen LogP contribution in [0.3, 0.4) is 0 Å². The van der Waals surface area contributed by atoms with Gasteiger partial charge in [-0.05, 0) is 25.0 Å². The smallest absolute Gasteiger partial charge is 0.337 e. The third kappa shape index (κ3) is 1.85. The molecule has 0 unspecified atom stereocenters. The second kappa shape index (κ2) is 4.81. The first kappa shape index (κ1) is 13.0. The van der Waals surface area contributed by atoms with Crippen LogP contribution >= 0.6 is 0 Å². The summed E-state index contributed by atoms with van der Waals surface area (Å²) >= 11 is 0. The molecule has 106 valence electrons. The van der Waals surface area contributed by atoms with Crippen LogP contribution in [0.5, 0.6) is 5.75 Å². The molecule has 20 heavy (non-hydrogen) atoms.